The molecule has 1 atom stereocenters. The van der Waals surface area contributed by atoms with Gasteiger partial charge in [0.15, 0.2) is 0 Å². The molecule has 0 spiro atoms. The molecular formula is C18H15N3OS. The molecule has 4 nitrogen and oxygen atoms in total. The van der Waals surface area contributed by atoms with Gasteiger partial charge in [-0.25, -0.2) is 0 Å². The maximum Gasteiger partial charge on any atom is 0.266 e. The summed E-state index contributed by atoms with van der Waals surface area (Å²) in [5.74, 6) is -0.406. The molecule has 0 fully saturated rings. The molecule has 0 saturated carbocycles. The van der Waals surface area contributed by atoms with Gasteiger partial charge in [-0.2, -0.15) is 5.26 Å². The van der Waals surface area contributed by atoms with E-state index in [1.54, 1.807) is 0 Å². The number of amides is 1. The molecule has 2 aromatic rings. The second-order valence-electron chi connectivity index (χ2n) is 5.25. The zero-order chi connectivity index (χ0) is 16.4. The van der Waals surface area contributed by atoms with Gasteiger partial charge in [0.1, 0.15) is 17.8 Å². The van der Waals surface area contributed by atoms with Crippen LogP contribution >= 0.6 is 12.6 Å². The smallest absolute Gasteiger partial charge is 0.266 e. The number of aryl methyl sites for hydroxylation is 1. The molecule has 1 amide bonds. The number of thiol groups is 1. The van der Waals surface area contributed by atoms with Crippen LogP contribution in [0.1, 0.15) is 17.3 Å². The van der Waals surface area contributed by atoms with Crippen LogP contribution in [0, 0.1) is 18.3 Å². The van der Waals surface area contributed by atoms with Crippen LogP contribution < -0.4 is 10.2 Å². The quantitative estimate of drug-likeness (QED) is 0.835. The lowest BCUT2D eigenvalue weighted by Crippen LogP contribution is -2.46. The van der Waals surface area contributed by atoms with Crippen LogP contribution in [0.15, 0.2) is 65.2 Å². The second kappa shape index (κ2) is 6.19. The Hall–Kier alpha value is -2.71. The molecule has 1 heterocycles. The van der Waals surface area contributed by atoms with Crippen molar-refractivity contribution in [2.75, 3.05) is 4.90 Å². The van der Waals surface area contributed by atoms with Gasteiger partial charge in [0, 0.05) is 5.69 Å². The lowest BCUT2D eigenvalue weighted by molar-refractivity contribution is -0.118. The number of carbonyl (C=O) groups is 1. The van der Waals surface area contributed by atoms with E-state index in [9.17, 15) is 10.1 Å². The highest BCUT2D eigenvalue weighted by atomic mass is 32.1. The third-order valence-corrected chi connectivity index (χ3v) is 4.25. The van der Waals surface area contributed by atoms with Gasteiger partial charge in [0.05, 0.1) is 5.03 Å². The molecule has 5 heteroatoms. The van der Waals surface area contributed by atoms with Crippen molar-refractivity contribution >= 4 is 24.2 Å². The topological polar surface area (TPSA) is 56.1 Å². The predicted octanol–water partition coefficient (Wildman–Crippen LogP) is 3.30. The summed E-state index contributed by atoms with van der Waals surface area (Å²) in [6, 6.07) is 19.4. The fourth-order valence-electron chi connectivity index (χ4n) is 2.66. The zero-order valence-electron chi connectivity index (χ0n) is 12.5. The van der Waals surface area contributed by atoms with Crippen LogP contribution in [0.4, 0.5) is 5.69 Å². The van der Waals surface area contributed by atoms with Gasteiger partial charge in [-0.3, -0.25) is 4.79 Å². The third-order valence-electron chi connectivity index (χ3n) is 3.81. The first kappa shape index (κ1) is 15.2. The number of hydrogen-bond acceptors (Lipinski definition) is 4. The number of nitrogens with one attached hydrogen (secondary N) is 1. The van der Waals surface area contributed by atoms with Gasteiger partial charge in [-0.15, -0.1) is 12.6 Å². The Bertz CT molecular complexity index is 824. The van der Waals surface area contributed by atoms with Crippen molar-refractivity contribution in [3.8, 4) is 6.07 Å². The molecular weight excluding hydrogens is 306 g/mol. The Morgan fingerprint density at radius 1 is 1.13 bits per heavy atom. The van der Waals surface area contributed by atoms with Gasteiger partial charge in [-0.05, 0) is 24.1 Å². The molecule has 0 aromatic heterocycles. The van der Waals surface area contributed by atoms with E-state index in [0.717, 1.165) is 16.8 Å². The molecule has 114 valence electrons. The number of hydrogen-bond donors (Lipinski definition) is 2. The number of para-hydroxylation sites is 1. The molecule has 2 aromatic carbocycles. The fraction of sp³-hybridized carbons (Fsp3) is 0.111. The number of benzene rings is 2. The normalized spacial score (nSPS) is 17.7. The Balaban J connectivity index is 2.20. The van der Waals surface area contributed by atoms with Gasteiger partial charge in [0.25, 0.3) is 5.91 Å². The standard InChI is InChI=1S/C18H15N3OS/c1-12-7-5-6-10-15(12)21-16(13-8-3-2-4-9-13)20-17(22)14(11-19)18(21)23/h2-10,16,23H,1H3,(H,20,22). The van der Waals surface area contributed by atoms with Crippen LogP contribution in [-0.2, 0) is 4.79 Å². The van der Waals surface area contributed by atoms with E-state index in [2.05, 4.69) is 17.9 Å². The molecule has 0 saturated heterocycles. The second-order valence-corrected chi connectivity index (χ2v) is 5.68. The summed E-state index contributed by atoms with van der Waals surface area (Å²) in [7, 11) is 0. The molecule has 0 bridgehead atoms. The van der Waals surface area contributed by atoms with Gasteiger partial charge in [-0.1, -0.05) is 48.5 Å². The van der Waals surface area contributed by atoms with E-state index in [4.69, 9.17) is 0 Å². The minimum atomic E-state index is -0.408. The summed E-state index contributed by atoms with van der Waals surface area (Å²) in [5.41, 5.74) is 2.88. The van der Waals surface area contributed by atoms with E-state index in [0.29, 0.717) is 5.03 Å². The molecule has 0 aliphatic carbocycles. The summed E-state index contributed by atoms with van der Waals surface area (Å²) >= 11 is 4.48. The van der Waals surface area contributed by atoms with Crippen LogP contribution in [0.2, 0.25) is 0 Å². The number of anilines is 1. The van der Waals surface area contributed by atoms with Crippen molar-refractivity contribution in [1.82, 2.24) is 5.32 Å². The van der Waals surface area contributed by atoms with Crippen molar-refractivity contribution in [3.05, 3.63) is 76.3 Å². The predicted molar refractivity (Wildman–Crippen MR) is 92.6 cm³/mol. The third kappa shape index (κ3) is 2.69. The zero-order valence-corrected chi connectivity index (χ0v) is 13.4. The minimum absolute atomic E-state index is 0.0174. The highest BCUT2D eigenvalue weighted by molar-refractivity contribution is 7.84. The molecule has 1 aliphatic rings. The summed E-state index contributed by atoms with van der Waals surface area (Å²) in [6.45, 7) is 1.99. The van der Waals surface area contributed by atoms with Gasteiger partial charge < -0.3 is 10.2 Å². The van der Waals surface area contributed by atoms with E-state index < -0.39 is 12.1 Å². The monoisotopic (exact) mass is 321 g/mol. The van der Waals surface area contributed by atoms with E-state index in [-0.39, 0.29) is 5.57 Å². The molecule has 1 aliphatic heterocycles. The number of carbonyl (C=O) groups excluding carboxylic acids is 1. The first-order valence-corrected chi connectivity index (χ1v) is 7.62. The van der Waals surface area contributed by atoms with Crippen LogP contribution in [0.3, 0.4) is 0 Å². The number of rotatable bonds is 2. The van der Waals surface area contributed by atoms with Crippen molar-refractivity contribution in [2.24, 2.45) is 0 Å². The Morgan fingerprint density at radius 2 is 1.78 bits per heavy atom. The number of nitriles is 1. The van der Waals surface area contributed by atoms with Crippen molar-refractivity contribution in [3.63, 3.8) is 0 Å². The van der Waals surface area contributed by atoms with Gasteiger partial charge in [0.2, 0.25) is 0 Å². The molecule has 23 heavy (non-hydrogen) atoms. The lowest BCUT2D eigenvalue weighted by Gasteiger charge is -2.38. The van der Waals surface area contributed by atoms with Crippen molar-refractivity contribution < 1.29 is 4.79 Å². The Morgan fingerprint density at radius 3 is 2.43 bits per heavy atom. The number of nitrogens with zero attached hydrogens (tertiary/aromatic N) is 2. The maximum absolute atomic E-state index is 12.2. The molecule has 1 N–H and O–H groups in total. The summed E-state index contributed by atoms with van der Waals surface area (Å²) in [6.07, 6.45) is -0.408. The SMILES string of the molecule is Cc1ccccc1N1C(S)=C(C#N)C(=O)NC1c1ccccc1. The summed E-state index contributed by atoms with van der Waals surface area (Å²) in [5, 5.41) is 12.5. The first-order chi connectivity index (χ1) is 11.1. The average molecular weight is 321 g/mol. The highest BCUT2D eigenvalue weighted by Crippen LogP contribution is 2.37. The Labute approximate surface area is 140 Å². The van der Waals surface area contributed by atoms with E-state index in [1.807, 2.05) is 72.5 Å². The average Bonchev–Trinajstić information content (AvgIpc) is 2.57. The van der Waals surface area contributed by atoms with E-state index >= 15 is 0 Å². The summed E-state index contributed by atoms with van der Waals surface area (Å²) in [4.78, 5) is 14.1. The molecule has 3 rings (SSSR count). The molecule has 1 unspecified atom stereocenters. The fourth-order valence-corrected chi connectivity index (χ4v) is 3.04. The Kier molecular flexibility index (Phi) is 4.09. The lowest BCUT2D eigenvalue weighted by atomic mass is 10.1. The maximum atomic E-state index is 12.2. The van der Waals surface area contributed by atoms with Gasteiger partial charge >= 0.3 is 0 Å². The van der Waals surface area contributed by atoms with Crippen molar-refractivity contribution in [1.29, 1.82) is 5.26 Å². The van der Waals surface area contributed by atoms with Crippen LogP contribution in [0.25, 0.3) is 0 Å². The molecule has 0 radical (unpaired) electrons. The highest BCUT2D eigenvalue weighted by Gasteiger charge is 2.34. The minimum Gasteiger partial charge on any atom is -0.327 e. The van der Waals surface area contributed by atoms with Crippen LogP contribution in [-0.4, -0.2) is 5.91 Å². The van der Waals surface area contributed by atoms with Crippen LogP contribution in [0.5, 0.6) is 0 Å². The van der Waals surface area contributed by atoms with Crippen molar-refractivity contribution in [2.45, 2.75) is 13.1 Å². The summed E-state index contributed by atoms with van der Waals surface area (Å²) < 4.78 is 0. The largest absolute Gasteiger partial charge is 0.327 e. The first-order valence-electron chi connectivity index (χ1n) is 7.17. The van der Waals surface area contributed by atoms with E-state index in [1.165, 1.54) is 0 Å².